The first-order valence-electron chi connectivity index (χ1n) is 8.04. The first kappa shape index (κ1) is 18.6. The molecule has 0 spiro atoms. The van der Waals surface area contributed by atoms with Gasteiger partial charge in [-0.2, -0.15) is 0 Å². The summed E-state index contributed by atoms with van der Waals surface area (Å²) in [6.07, 6.45) is 0. The first-order valence-corrected chi connectivity index (χ1v) is 8.04. The second-order valence-electron chi connectivity index (χ2n) is 6.17. The van der Waals surface area contributed by atoms with Gasteiger partial charge < -0.3 is 24.8 Å². The van der Waals surface area contributed by atoms with Crippen LogP contribution in [0.25, 0.3) is 0 Å². The number of carbonyl (C=O) groups excluding carboxylic acids is 2. The quantitative estimate of drug-likeness (QED) is 0.772. The average Bonchev–Trinajstić information content (AvgIpc) is 2.58. The summed E-state index contributed by atoms with van der Waals surface area (Å²) in [5, 5.41) is 5.38. The number of benzene rings is 1. The second-order valence-corrected chi connectivity index (χ2v) is 6.17. The molecule has 1 heterocycles. The van der Waals surface area contributed by atoms with Crippen molar-refractivity contribution in [1.82, 2.24) is 10.6 Å². The Morgan fingerprint density at radius 3 is 2.56 bits per heavy atom. The van der Waals surface area contributed by atoms with Crippen LogP contribution < -0.4 is 20.1 Å². The summed E-state index contributed by atoms with van der Waals surface area (Å²) in [5.41, 5.74) is 1.41. The fourth-order valence-electron chi connectivity index (χ4n) is 2.58. The van der Waals surface area contributed by atoms with Gasteiger partial charge in [0.25, 0.3) is 0 Å². The average molecular weight is 348 g/mol. The SMILES string of the molecule is COc1ccc(OC)c([C@@H]2NC(=O)NC(C)=C2C(=O)OCC(C)C)c1. The molecule has 1 aromatic rings. The number of amides is 2. The fourth-order valence-corrected chi connectivity index (χ4v) is 2.58. The highest BCUT2D eigenvalue weighted by atomic mass is 16.5. The number of carbonyl (C=O) groups is 2. The molecule has 7 heteroatoms. The number of esters is 1. The van der Waals surface area contributed by atoms with Gasteiger partial charge in [-0.3, -0.25) is 0 Å². The number of allylic oxidation sites excluding steroid dienone is 1. The predicted molar refractivity (Wildman–Crippen MR) is 92.5 cm³/mol. The minimum Gasteiger partial charge on any atom is -0.497 e. The van der Waals surface area contributed by atoms with Crippen molar-refractivity contribution in [3.05, 3.63) is 35.0 Å². The van der Waals surface area contributed by atoms with Gasteiger partial charge in [0.05, 0.1) is 32.4 Å². The molecule has 136 valence electrons. The van der Waals surface area contributed by atoms with Gasteiger partial charge >= 0.3 is 12.0 Å². The number of urea groups is 1. The molecule has 1 aliphatic heterocycles. The third kappa shape index (κ3) is 4.23. The molecule has 0 saturated heterocycles. The molecule has 0 radical (unpaired) electrons. The van der Waals surface area contributed by atoms with Crippen molar-refractivity contribution in [2.75, 3.05) is 20.8 Å². The molecule has 0 fully saturated rings. The lowest BCUT2D eigenvalue weighted by Gasteiger charge is -2.29. The summed E-state index contributed by atoms with van der Waals surface area (Å²) in [7, 11) is 3.08. The van der Waals surface area contributed by atoms with E-state index in [4.69, 9.17) is 14.2 Å². The van der Waals surface area contributed by atoms with Crippen molar-refractivity contribution < 1.29 is 23.8 Å². The molecule has 1 aromatic carbocycles. The van der Waals surface area contributed by atoms with Crippen molar-refractivity contribution in [3.63, 3.8) is 0 Å². The van der Waals surface area contributed by atoms with Gasteiger partial charge in [-0.05, 0) is 31.0 Å². The summed E-state index contributed by atoms with van der Waals surface area (Å²) >= 11 is 0. The molecule has 2 amide bonds. The Labute approximate surface area is 147 Å². The Hall–Kier alpha value is -2.70. The van der Waals surface area contributed by atoms with Gasteiger partial charge in [0.1, 0.15) is 11.5 Å². The predicted octanol–water partition coefficient (Wildman–Crippen LogP) is 2.53. The molecular formula is C18H24N2O5. The van der Waals surface area contributed by atoms with Crippen molar-refractivity contribution >= 4 is 12.0 Å². The molecular weight excluding hydrogens is 324 g/mol. The smallest absolute Gasteiger partial charge is 0.338 e. The van der Waals surface area contributed by atoms with Crippen LogP contribution in [0, 0.1) is 5.92 Å². The van der Waals surface area contributed by atoms with Gasteiger partial charge in [0.2, 0.25) is 0 Å². The number of ether oxygens (including phenoxy) is 3. The molecule has 7 nitrogen and oxygen atoms in total. The molecule has 1 aliphatic rings. The lowest BCUT2D eigenvalue weighted by Crippen LogP contribution is -2.45. The third-order valence-electron chi connectivity index (χ3n) is 3.78. The van der Waals surface area contributed by atoms with Crippen LogP contribution in [0.3, 0.4) is 0 Å². The van der Waals surface area contributed by atoms with Crippen LogP contribution in [-0.4, -0.2) is 32.8 Å². The number of hydrogen-bond acceptors (Lipinski definition) is 5. The third-order valence-corrected chi connectivity index (χ3v) is 3.78. The maximum atomic E-state index is 12.6. The minimum absolute atomic E-state index is 0.209. The summed E-state index contributed by atoms with van der Waals surface area (Å²) < 4.78 is 16.0. The fraction of sp³-hybridized carbons (Fsp3) is 0.444. The lowest BCUT2D eigenvalue weighted by atomic mass is 9.94. The van der Waals surface area contributed by atoms with Crippen LogP contribution >= 0.6 is 0 Å². The molecule has 0 aromatic heterocycles. The van der Waals surface area contributed by atoms with Crippen LogP contribution in [0.15, 0.2) is 29.5 Å². The number of methoxy groups -OCH3 is 2. The zero-order chi connectivity index (χ0) is 18.6. The van der Waals surface area contributed by atoms with E-state index in [1.165, 1.54) is 7.11 Å². The lowest BCUT2D eigenvalue weighted by molar-refractivity contribution is -0.140. The molecule has 0 saturated carbocycles. The molecule has 1 atom stereocenters. The zero-order valence-corrected chi connectivity index (χ0v) is 15.1. The molecule has 0 bridgehead atoms. The van der Waals surface area contributed by atoms with E-state index in [2.05, 4.69) is 10.6 Å². The van der Waals surface area contributed by atoms with Gasteiger partial charge in [-0.25, -0.2) is 9.59 Å². The number of nitrogens with one attached hydrogen (secondary N) is 2. The second kappa shape index (κ2) is 7.92. The van der Waals surface area contributed by atoms with Crippen LogP contribution in [0.5, 0.6) is 11.5 Å². The highest BCUT2D eigenvalue weighted by Gasteiger charge is 2.34. The monoisotopic (exact) mass is 348 g/mol. The standard InChI is InChI=1S/C18H24N2O5/c1-10(2)9-25-17(21)15-11(3)19-18(22)20-16(15)13-8-12(23-4)6-7-14(13)24-5/h6-8,10,16H,9H2,1-5H3,(H2,19,20,22)/t16-/m0/s1. The van der Waals surface area contributed by atoms with E-state index in [0.29, 0.717) is 34.9 Å². The number of hydrogen-bond donors (Lipinski definition) is 2. The van der Waals surface area contributed by atoms with E-state index in [9.17, 15) is 9.59 Å². The van der Waals surface area contributed by atoms with E-state index >= 15 is 0 Å². The topological polar surface area (TPSA) is 85.9 Å². The van der Waals surface area contributed by atoms with Gasteiger partial charge in [0, 0.05) is 11.3 Å². The highest BCUT2D eigenvalue weighted by Crippen LogP contribution is 2.35. The van der Waals surface area contributed by atoms with Crippen molar-refractivity contribution in [1.29, 1.82) is 0 Å². The van der Waals surface area contributed by atoms with E-state index in [1.807, 2.05) is 13.8 Å². The van der Waals surface area contributed by atoms with E-state index in [-0.39, 0.29) is 5.92 Å². The van der Waals surface area contributed by atoms with Crippen LogP contribution in [0.1, 0.15) is 32.4 Å². The zero-order valence-electron chi connectivity index (χ0n) is 15.1. The van der Waals surface area contributed by atoms with Gasteiger partial charge in [-0.15, -0.1) is 0 Å². The van der Waals surface area contributed by atoms with Crippen molar-refractivity contribution in [2.24, 2.45) is 5.92 Å². The van der Waals surface area contributed by atoms with Crippen molar-refractivity contribution in [2.45, 2.75) is 26.8 Å². The summed E-state index contributed by atoms with van der Waals surface area (Å²) in [5.74, 6) is 0.862. The Bertz CT molecular complexity index is 697. The van der Waals surface area contributed by atoms with Crippen LogP contribution in [0.4, 0.5) is 4.79 Å². The summed E-state index contributed by atoms with van der Waals surface area (Å²) in [6.45, 7) is 5.88. The largest absolute Gasteiger partial charge is 0.497 e. The summed E-state index contributed by atoms with van der Waals surface area (Å²) in [4.78, 5) is 24.6. The van der Waals surface area contributed by atoms with Crippen LogP contribution in [0.2, 0.25) is 0 Å². The maximum absolute atomic E-state index is 12.6. The maximum Gasteiger partial charge on any atom is 0.338 e. The molecule has 25 heavy (non-hydrogen) atoms. The first-order chi connectivity index (χ1) is 11.9. The molecule has 0 aliphatic carbocycles. The Morgan fingerprint density at radius 2 is 1.96 bits per heavy atom. The van der Waals surface area contributed by atoms with E-state index in [0.717, 1.165) is 0 Å². The highest BCUT2D eigenvalue weighted by molar-refractivity contribution is 5.95. The minimum atomic E-state index is -0.696. The van der Waals surface area contributed by atoms with Crippen LogP contribution in [-0.2, 0) is 9.53 Å². The van der Waals surface area contributed by atoms with Crippen molar-refractivity contribution in [3.8, 4) is 11.5 Å². The molecule has 2 N–H and O–H groups in total. The normalized spacial score (nSPS) is 17.0. The number of rotatable bonds is 6. The summed E-state index contributed by atoms with van der Waals surface area (Å²) in [6, 6.07) is 4.12. The molecule has 2 rings (SSSR count). The molecule has 0 unspecified atom stereocenters. The van der Waals surface area contributed by atoms with E-state index in [1.54, 1.807) is 32.2 Å². The van der Waals surface area contributed by atoms with Gasteiger partial charge in [-0.1, -0.05) is 13.8 Å². The Kier molecular flexibility index (Phi) is 5.90. The Balaban J connectivity index is 2.47. The van der Waals surface area contributed by atoms with Gasteiger partial charge in [0.15, 0.2) is 0 Å². The van der Waals surface area contributed by atoms with E-state index < -0.39 is 18.0 Å². The Morgan fingerprint density at radius 1 is 1.24 bits per heavy atom.